The van der Waals surface area contributed by atoms with E-state index in [1.54, 1.807) is 12.1 Å². The van der Waals surface area contributed by atoms with Gasteiger partial charge in [0.05, 0.1) is 27.2 Å². The van der Waals surface area contributed by atoms with Crippen molar-refractivity contribution in [3.8, 4) is 5.75 Å². The molecule has 0 bridgehead atoms. The predicted octanol–water partition coefficient (Wildman–Crippen LogP) is 5.32. The molecule has 0 aliphatic rings. The second kappa shape index (κ2) is 9.80. The Kier molecular flexibility index (Phi) is 7.35. The number of carboxylic acids is 1. The second-order valence-corrected chi connectivity index (χ2v) is 8.53. The Morgan fingerprint density at radius 2 is 2.00 bits per heavy atom. The van der Waals surface area contributed by atoms with Crippen molar-refractivity contribution in [1.82, 2.24) is 9.66 Å². The molecule has 3 rings (SSSR count). The van der Waals surface area contributed by atoms with E-state index in [1.165, 1.54) is 23.0 Å². The fourth-order valence-corrected chi connectivity index (χ4v) is 3.80. The molecule has 10 heteroatoms. The number of carbonyl (C=O) groups is 1. The van der Waals surface area contributed by atoms with Crippen molar-refractivity contribution < 1.29 is 14.6 Å². The highest BCUT2D eigenvalue weighted by Gasteiger charge is 2.16. The van der Waals surface area contributed by atoms with Crippen LogP contribution in [0.4, 0.5) is 0 Å². The van der Waals surface area contributed by atoms with Gasteiger partial charge in [-0.25, -0.2) is 9.78 Å². The summed E-state index contributed by atoms with van der Waals surface area (Å²) in [5.41, 5.74) is 0.812. The van der Waals surface area contributed by atoms with Gasteiger partial charge in [0.1, 0.15) is 5.82 Å². The van der Waals surface area contributed by atoms with Crippen molar-refractivity contribution in [1.29, 1.82) is 0 Å². The Morgan fingerprint density at radius 1 is 1.32 bits per heavy atom. The van der Waals surface area contributed by atoms with Crippen molar-refractivity contribution >= 4 is 62.2 Å². The summed E-state index contributed by atoms with van der Waals surface area (Å²) in [6, 6.07) is 8.37. The minimum absolute atomic E-state index is 0.00290. The van der Waals surface area contributed by atoms with Gasteiger partial charge in [0.2, 0.25) is 0 Å². The average Bonchev–Trinajstić information content (AvgIpc) is 2.72. The highest BCUT2D eigenvalue weighted by Crippen LogP contribution is 2.34. The van der Waals surface area contributed by atoms with Gasteiger partial charge >= 0.3 is 5.97 Å². The number of carboxylic acid groups (broad SMARTS) is 1. The lowest BCUT2D eigenvalue weighted by atomic mass is 10.1. The molecule has 0 spiro atoms. The Morgan fingerprint density at radius 3 is 2.61 bits per heavy atom. The Hall–Kier alpha value is -2.42. The molecule has 0 radical (unpaired) electrons. The molecular weight excluding hydrogens is 509 g/mol. The highest BCUT2D eigenvalue weighted by atomic mass is 79.9. The van der Waals surface area contributed by atoms with Crippen LogP contribution in [0.25, 0.3) is 10.9 Å². The van der Waals surface area contributed by atoms with Gasteiger partial charge in [0.25, 0.3) is 5.56 Å². The molecule has 1 N–H and O–H groups in total. The van der Waals surface area contributed by atoms with Crippen LogP contribution in [0.5, 0.6) is 5.75 Å². The molecule has 0 unspecified atom stereocenters. The van der Waals surface area contributed by atoms with Crippen LogP contribution < -0.4 is 10.3 Å². The highest BCUT2D eigenvalue weighted by molar-refractivity contribution is 9.10. The molecule has 2 aromatic carbocycles. The Bertz CT molecular complexity index is 1220. The lowest BCUT2D eigenvalue weighted by molar-refractivity contribution is -0.139. The molecular formula is C21H18BrCl2N3O4. The van der Waals surface area contributed by atoms with E-state index in [1.807, 2.05) is 19.9 Å². The number of nitrogens with zero attached hydrogens (tertiary/aromatic N) is 3. The molecule has 0 saturated carbocycles. The van der Waals surface area contributed by atoms with E-state index in [0.29, 0.717) is 22.3 Å². The first-order chi connectivity index (χ1) is 14.7. The Labute approximate surface area is 196 Å². The molecule has 0 fully saturated rings. The molecule has 162 valence electrons. The van der Waals surface area contributed by atoms with E-state index < -0.39 is 12.6 Å². The van der Waals surface area contributed by atoms with E-state index in [0.717, 1.165) is 10.9 Å². The fourth-order valence-electron chi connectivity index (χ4n) is 2.83. The number of fused-ring (bicyclic) bond motifs is 1. The van der Waals surface area contributed by atoms with E-state index in [4.69, 9.17) is 33.0 Å². The monoisotopic (exact) mass is 525 g/mol. The standard InChI is InChI=1S/C21H18BrCl2N3O4/c1-3-11(2)20-26-17-5-4-13(22)8-14(17)21(30)27(20)25-9-12-6-15(23)19(16(24)7-12)31-10-18(28)29/h4-9,11H,3,10H2,1-2H3,(H,28,29)/t11-/m0/s1. The third-order valence-electron chi connectivity index (χ3n) is 4.57. The van der Waals surface area contributed by atoms with E-state index in [2.05, 4.69) is 26.0 Å². The van der Waals surface area contributed by atoms with Gasteiger partial charge in [-0.05, 0) is 42.3 Å². The molecule has 7 nitrogen and oxygen atoms in total. The maximum absolute atomic E-state index is 13.1. The van der Waals surface area contributed by atoms with Crippen molar-refractivity contribution in [2.45, 2.75) is 26.2 Å². The van der Waals surface area contributed by atoms with Crippen LogP contribution >= 0.6 is 39.1 Å². The minimum atomic E-state index is -1.15. The van der Waals surface area contributed by atoms with Crippen LogP contribution in [0.3, 0.4) is 0 Å². The average molecular weight is 527 g/mol. The number of rotatable bonds is 7. The van der Waals surface area contributed by atoms with E-state index in [9.17, 15) is 9.59 Å². The first-order valence-corrected chi connectivity index (χ1v) is 10.9. The number of hydrogen-bond donors (Lipinski definition) is 1. The molecule has 1 aromatic heterocycles. The summed E-state index contributed by atoms with van der Waals surface area (Å²) in [4.78, 5) is 28.5. The number of ether oxygens (including phenoxy) is 1. The van der Waals surface area contributed by atoms with Gasteiger partial charge < -0.3 is 9.84 Å². The summed E-state index contributed by atoms with van der Waals surface area (Å²) in [6.45, 7) is 3.41. The zero-order valence-corrected chi connectivity index (χ0v) is 19.7. The number of aliphatic carboxylic acids is 1. The quantitative estimate of drug-likeness (QED) is 0.420. The van der Waals surface area contributed by atoms with Crippen molar-refractivity contribution in [2.75, 3.05) is 6.61 Å². The Balaban J connectivity index is 2.07. The zero-order valence-electron chi connectivity index (χ0n) is 16.6. The molecule has 31 heavy (non-hydrogen) atoms. The van der Waals surface area contributed by atoms with Crippen molar-refractivity contribution in [3.05, 3.63) is 66.6 Å². The molecule has 0 amide bonds. The minimum Gasteiger partial charge on any atom is -0.479 e. The molecule has 1 heterocycles. The largest absolute Gasteiger partial charge is 0.479 e. The molecule has 1 atom stereocenters. The van der Waals surface area contributed by atoms with Crippen LogP contribution in [0.2, 0.25) is 10.0 Å². The third-order valence-corrected chi connectivity index (χ3v) is 5.62. The second-order valence-electron chi connectivity index (χ2n) is 6.80. The lowest BCUT2D eigenvalue weighted by Crippen LogP contribution is -2.23. The maximum Gasteiger partial charge on any atom is 0.341 e. The van der Waals surface area contributed by atoms with Crippen LogP contribution in [0, 0.1) is 0 Å². The number of halogens is 3. The normalized spacial score (nSPS) is 12.4. The number of benzene rings is 2. The summed E-state index contributed by atoms with van der Waals surface area (Å²) in [5.74, 6) is -0.545. The summed E-state index contributed by atoms with van der Waals surface area (Å²) >= 11 is 15.7. The summed E-state index contributed by atoms with van der Waals surface area (Å²) < 4.78 is 7.16. The first kappa shape index (κ1) is 23.2. The van der Waals surface area contributed by atoms with Crippen LogP contribution in [-0.4, -0.2) is 33.6 Å². The maximum atomic E-state index is 13.1. The lowest BCUT2D eigenvalue weighted by Gasteiger charge is -2.14. The van der Waals surface area contributed by atoms with Crippen LogP contribution in [0.1, 0.15) is 37.6 Å². The van der Waals surface area contributed by atoms with Gasteiger partial charge in [-0.3, -0.25) is 4.79 Å². The van der Waals surface area contributed by atoms with Gasteiger partial charge in [-0.2, -0.15) is 9.78 Å². The van der Waals surface area contributed by atoms with Gasteiger partial charge in [0, 0.05) is 10.4 Å². The zero-order chi connectivity index (χ0) is 22.7. The predicted molar refractivity (Wildman–Crippen MR) is 125 cm³/mol. The molecule has 3 aromatic rings. The van der Waals surface area contributed by atoms with Crippen LogP contribution in [-0.2, 0) is 4.79 Å². The van der Waals surface area contributed by atoms with Gasteiger partial charge in [-0.1, -0.05) is 53.0 Å². The van der Waals surface area contributed by atoms with Crippen molar-refractivity contribution in [2.24, 2.45) is 5.10 Å². The first-order valence-electron chi connectivity index (χ1n) is 9.31. The topological polar surface area (TPSA) is 93.8 Å². The summed E-state index contributed by atoms with van der Waals surface area (Å²) in [7, 11) is 0. The number of hydrogen-bond acceptors (Lipinski definition) is 5. The van der Waals surface area contributed by atoms with Crippen LogP contribution in [0.15, 0.2) is 44.7 Å². The summed E-state index contributed by atoms with van der Waals surface area (Å²) in [5, 5.41) is 13.8. The molecule has 0 saturated heterocycles. The van der Waals surface area contributed by atoms with Gasteiger partial charge in [-0.15, -0.1) is 0 Å². The third kappa shape index (κ3) is 5.26. The molecule has 0 aliphatic heterocycles. The fraction of sp³-hybridized carbons (Fsp3) is 0.238. The van der Waals surface area contributed by atoms with Gasteiger partial charge in [0.15, 0.2) is 12.4 Å². The van der Waals surface area contributed by atoms with E-state index in [-0.39, 0.29) is 27.3 Å². The summed E-state index contributed by atoms with van der Waals surface area (Å²) in [6.07, 6.45) is 2.22. The smallest absolute Gasteiger partial charge is 0.341 e. The molecule has 0 aliphatic carbocycles. The number of aromatic nitrogens is 2. The SMILES string of the molecule is CC[C@H](C)c1nc2ccc(Br)cc2c(=O)n1N=Cc1cc(Cl)c(OCC(=O)O)c(Cl)c1. The van der Waals surface area contributed by atoms with E-state index >= 15 is 0 Å². The van der Waals surface area contributed by atoms with Crippen molar-refractivity contribution in [3.63, 3.8) is 0 Å².